The van der Waals surface area contributed by atoms with Gasteiger partial charge in [0.15, 0.2) is 4.34 Å². The zero-order valence-corrected chi connectivity index (χ0v) is 20.1. The summed E-state index contributed by atoms with van der Waals surface area (Å²) in [7, 11) is 2.93. The molecule has 0 amide bonds. The average Bonchev–Trinajstić information content (AvgIpc) is 3.43. The van der Waals surface area contributed by atoms with Crippen molar-refractivity contribution in [3.63, 3.8) is 0 Å². The predicted octanol–water partition coefficient (Wildman–Crippen LogP) is 5.70. The highest BCUT2D eigenvalue weighted by Gasteiger charge is 2.23. The number of aromatic nitrogens is 4. The van der Waals surface area contributed by atoms with Crippen LogP contribution < -0.4 is 4.74 Å². The lowest BCUT2D eigenvalue weighted by Crippen LogP contribution is -2.06. The molecule has 11 heteroatoms. The second-order valence-electron chi connectivity index (χ2n) is 6.47. The molecule has 0 fully saturated rings. The minimum atomic E-state index is -0.560. The van der Waals surface area contributed by atoms with E-state index in [1.165, 1.54) is 30.2 Å². The van der Waals surface area contributed by atoms with E-state index in [2.05, 4.69) is 15.3 Å². The van der Waals surface area contributed by atoms with Crippen LogP contribution in [0.3, 0.4) is 0 Å². The minimum Gasteiger partial charge on any atom is -0.497 e. The number of carbonyl (C=O) groups excluding carboxylic acids is 1. The first kappa shape index (κ1) is 22.6. The van der Waals surface area contributed by atoms with E-state index in [1.807, 2.05) is 35.7 Å². The summed E-state index contributed by atoms with van der Waals surface area (Å²) < 4.78 is 12.4. The number of esters is 1. The Hall–Kier alpha value is -2.59. The van der Waals surface area contributed by atoms with Gasteiger partial charge >= 0.3 is 5.97 Å². The van der Waals surface area contributed by atoms with Crippen molar-refractivity contribution in [2.24, 2.45) is 0 Å². The fourth-order valence-electron chi connectivity index (χ4n) is 2.81. The number of methoxy groups -OCH3 is 2. The van der Waals surface area contributed by atoms with E-state index in [-0.39, 0.29) is 5.69 Å². The van der Waals surface area contributed by atoms with Crippen LogP contribution in [0.5, 0.6) is 5.75 Å². The molecule has 0 unspecified atom stereocenters. The van der Waals surface area contributed by atoms with E-state index in [0.717, 1.165) is 26.9 Å². The third kappa shape index (κ3) is 4.91. The molecule has 164 valence electrons. The molecule has 0 saturated heterocycles. The van der Waals surface area contributed by atoms with Gasteiger partial charge in [0.1, 0.15) is 10.8 Å². The summed E-state index contributed by atoms with van der Waals surface area (Å²) in [5.41, 5.74) is 2.72. The van der Waals surface area contributed by atoms with Crippen LogP contribution in [-0.4, -0.2) is 40.2 Å². The number of thiazole rings is 1. The van der Waals surface area contributed by atoms with Crippen molar-refractivity contribution >= 4 is 52.3 Å². The van der Waals surface area contributed by atoms with Crippen LogP contribution in [0.4, 0.5) is 0 Å². The molecule has 0 aliphatic rings. The Bertz CT molecular complexity index is 1260. The molecular weight excluding hydrogens is 491 g/mol. The number of hydrogen-bond acceptors (Lipinski definition) is 8. The SMILES string of the molecule is COC(=O)c1nnn(Cc2ccc(OC)cc2)c1Sc1nc(-c2ccc(Cl)c(Cl)c2)cs1. The van der Waals surface area contributed by atoms with Gasteiger partial charge in [0.2, 0.25) is 5.69 Å². The minimum absolute atomic E-state index is 0.136. The lowest BCUT2D eigenvalue weighted by atomic mass is 10.2. The van der Waals surface area contributed by atoms with Crippen molar-refractivity contribution in [2.75, 3.05) is 14.2 Å². The van der Waals surface area contributed by atoms with Crippen LogP contribution >= 0.6 is 46.3 Å². The Balaban J connectivity index is 1.63. The van der Waals surface area contributed by atoms with E-state index < -0.39 is 5.97 Å². The second-order valence-corrected chi connectivity index (χ2v) is 9.38. The third-order valence-electron chi connectivity index (χ3n) is 4.44. The molecular formula is C21H16Cl2N4O3S2. The Morgan fingerprint density at radius 3 is 2.59 bits per heavy atom. The highest BCUT2D eigenvalue weighted by atomic mass is 35.5. The summed E-state index contributed by atoms with van der Waals surface area (Å²) in [6.45, 7) is 0.418. The molecule has 7 nitrogen and oxygen atoms in total. The van der Waals surface area contributed by atoms with Gasteiger partial charge in [0.25, 0.3) is 0 Å². The third-order valence-corrected chi connectivity index (χ3v) is 7.22. The van der Waals surface area contributed by atoms with Gasteiger partial charge in [-0.2, -0.15) is 0 Å². The molecule has 2 aromatic heterocycles. The van der Waals surface area contributed by atoms with Crippen molar-refractivity contribution in [1.82, 2.24) is 20.0 Å². The molecule has 32 heavy (non-hydrogen) atoms. The van der Waals surface area contributed by atoms with Crippen LogP contribution in [0, 0.1) is 0 Å². The Labute approximate surface area is 202 Å². The maximum Gasteiger partial charge on any atom is 0.361 e. The lowest BCUT2D eigenvalue weighted by molar-refractivity contribution is 0.0589. The van der Waals surface area contributed by atoms with Gasteiger partial charge in [-0.05, 0) is 41.6 Å². The summed E-state index contributed by atoms with van der Waals surface area (Å²) >= 11 is 14.9. The topological polar surface area (TPSA) is 79.1 Å². The van der Waals surface area contributed by atoms with Gasteiger partial charge < -0.3 is 9.47 Å². The van der Waals surface area contributed by atoms with E-state index in [0.29, 0.717) is 21.6 Å². The number of halogens is 2. The van der Waals surface area contributed by atoms with Crippen LogP contribution in [0.15, 0.2) is 57.2 Å². The summed E-state index contributed by atoms with van der Waals surface area (Å²) in [6.07, 6.45) is 0. The van der Waals surface area contributed by atoms with Crippen LogP contribution in [-0.2, 0) is 11.3 Å². The molecule has 0 saturated carbocycles. The van der Waals surface area contributed by atoms with E-state index >= 15 is 0 Å². The monoisotopic (exact) mass is 506 g/mol. The van der Waals surface area contributed by atoms with Crippen LogP contribution in [0.2, 0.25) is 10.0 Å². The van der Waals surface area contributed by atoms with E-state index in [4.69, 9.17) is 32.7 Å². The Kier molecular flexibility index (Phi) is 7.00. The van der Waals surface area contributed by atoms with Gasteiger partial charge in [-0.1, -0.05) is 46.6 Å². The van der Waals surface area contributed by atoms with Gasteiger partial charge in [-0.3, -0.25) is 0 Å². The predicted molar refractivity (Wildman–Crippen MR) is 125 cm³/mol. The zero-order chi connectivity index (χ0) is 22.7. The van der Waals surface area contributed by atoms with Crippen molar-refractivity contribution < 1.29 is 14.3 Å². The Morgan fingerprint density at radius 2 is 1.91 bits per heavy atom. The number of benzene rings is 2. The Morgan fingerprint density at radius 1 is 1.12 bits per heavy atom. The smallest absolute Gasteiger partial charge is 0.361 e. The standard InChI is InChI=1S/C21H16Cl2N4O3S2/c1-29-14-6-3-12(4-7-14)10-27-19(18(25-26-27)20(28)30-2)32-21-24-17(11-31-21)13-5-8-15(22)16(23)9-13/h3-9,11H,10H2,1-2H3. The summed E-state index contributed by atoms with van der Waals surface area (Å²) in [5, 5.41) is 11.6. The van der Waals surface area contributed by atoms with E-state index in [9.17, 15) is 4.79 Å². The number of nitrogens with zero attached hydrogens (tertiary/aromatic N) is 4. The van der Waals surface area contributed by atoms with Crippen LogP contribution in [0.25, 0.3) is 11.3 Å². The number of hydrogen-bond donors (Lipinski definition) is 0. The first-order valence-electron chi connectivity index (χ1n) is 9.22. The molecule has 0 N–H and O–H groups in total. The fraction of sp³-hybridized carbons (Fsp3) is 0.143. The maximum atomic E-state index is 12.3. The molecule has 0 aliphatic carbocycles. The van der Waals surface area contributed by atoms with Crippen molar-refractivity contribution in [3.8, 4) is 17.0 Å². The molecule has 0 atom stereocenters. The summed E-state index contributed by atoms with van der Waals surface area (Å²) in [5.74, 6) is 0.199. The summed E-state index contributed by atoms with van der Waals surface area (Å²) in [4.78, 5) is 16.9. The highest BCUT2D eigenvalue weighted by molar-refractivity contribution is 8.01. The van der Waals surface area contributed by atoms with Crippen molar-refractivity contribution in [3.05, 3.63) is 69.1 Å². The molecule has 4 rings (SSSR count). The number of carbonyl (C=O) groups is 1. The first-order valence-corrected chi connectivity index (χ1v) is 11.7. The highest BCUT2D eigenvalue weighted by Crippen LogP contribution is 2.36. The molecule has 0 aliphatic heterocycles. The average molecular weight is 507 g/mol. The normalized spacial score (nSPS) is 10.9. The van der Waals surface area contributed by atoms with E-state index in [1.54, 1.807) is 23.9 Å². The number of ether oxygens (including phenoxy) is 2. The van der Waals surface area contributed by atoms with Gasteiger partial charge in [0, 0.05) is 10.9 Å². The van der Waals surface area contributed by atoms with Crippen molar-refractivity contribution in [2.45, 2.75) is 15.9 Å². The lowest BCUT2D eigenvalue weighted by Gasteiger charge is -2.07. The molecule has 2 aromatic carbocycles. The van der Waals surface area contributed by atoms with Crippen LogP contribution in [0.1, 0.15) is 16.1 Å². The fourth-order valence-corrected chi connectivity index (χ4v) is 4.97. The second kappa shape index (κ2) is 9.91. The molecule has 0 radical (unpaired) electrons. The van der Waals surface area contributed by atoms with Crippen molar-refractivity contribution in [1.29, 1.82) is 0 Å². The van der Waals surface area contributed by atoms with Gasteiger partial charge in [0.05, 0.1) is 36.5 Å². The summed E-state index contributed by atoms with van der Waals surface area (Å²) in [6, 6.07) is 12.9. The quantitative estimate of drug-likeness (QED) is 0.297. The zero-order valence-electron chi connectivity index (χ0n) is 16.9. The molecule has 4 aromatic rings. The molecule has 0 spiro atoms. The number of rotatable bonds is 7. The van der Waals surface area contributed by atoms with Gasteiger partial charge in [-0.25, -0.2) is 14.5 Å². The molecule has 2 heterocycles. The first-order chi connectivity index (χ1) is 15.5. The largest absolute Gasteiger partial charge is 0.497 e. The van der Waals surface area contributed by atoms with Gasteiger partial charge in [-0.15, -0.1) is 16.4 Å². The maximum absolute atomic E-state index is 12.3. The molecule has 0 bridgehead atoms.